The molecular formula is C14H13F2N3O5. The summed E-state index contributed by atoms with van der Waals surface area (Å²) in [5.74, 6) is -2.78. The number of methoxy groups -OCH3 is 1. The molecule has 0 amide bonds. The summed E-state index contributed by atoms with van der Waals surface area (Å²) in [6, 6.07) is 2.00. The number of benzene rings is 1. The normalized spacial score (nSPS) is 10.5. The molecule has 10 heteroatoms. The first kappa shape index (κ1) is 17.3. The molecule has 0 radical (unpaired) electrons. The highest BCUT2D eigenvalue weighted by atomic mass is 19.1. The van der Waals surface area contributed by atoms with Gasteiger partial charge in [0.25, 0.3) is 0 Å². The van der Waals surface area contributed by atoms with Gasteiger partial charge in [0.05, 0.1) is 25.2 Å². The second kappa shape index (κ2) is 7.02. The highest BCUT2D eigenvalue weighted by molar-refractivity contribution is 5.91. The molecule has 0 spiro atoms. The van der Waals surface area contributed by atoms with Crippen molar-refractivity contribution in [2.45, 2.75) is 13.5 Å². The zero-order valence-corrected chi connectivity index (χ0v) is 12.8. The van der Waals surface area contributed by atoms with Crippen molar-refractivity contribution >= 4 is 11.7 Å². The number of esters is 1. The van der Waals surface area contributed by atoms with Crippen molar-refractivity contribution in [3.8, 4) is 5.75 Å². The van der Waals surface area contributed by atoms with Gasteiger partial charge < -0.3 is 9.47 Å². The summed E-state index contributed by atoms with van der Waals surface area (Å²) in [6.45, 7) is 1.47. The van der Waals surface area contributed by atoms with Crippen molar-refractivity contribution in [1.29, 1.82) is 0 Å². The topological polar surface area (TPSA) is 96.5 Å². The average Bonchev–Trinajstić information content (AvgIpc) is 2.95. The zero-order chi connectivity index (χ0) is 17.9. The summed E-state index contributed by atoms with van der Waals surface area (Å²) in [7, 11) is 1.04. The molecule has 0 saturated heterocycles. The molecule has 0 fully saturated rings. The van der Waals surface area contributed by atoms with Crippen LogP contribution in [0.5, 0.6) is 5.75 Å². The van der Waals surface area contributed by atoms with E-state index in [-0.39, 0.29) is 17.9 Å². The first-order chi connectivity index (χ1) is 11.4. The summed E-state index contributed by atoms with van der Waals surface area (Å²) < 4.78 is 38.4. The summed E-state index contributed by atoms with van der Waals surface area (Å²) in [4.78, 5) is 21.6. The summed E-state index contributed by atoms with van der Waals surface area (Å²) in [6.07, 6.45) is 0.904. The van der Waals surface area contributed by atoms with E-state index >= 15 is 0 Å². The van der Waals surface area contributed by atoms with E-state index in [9.17, 15) is 23.7 Å². The molecule has 0 atom stereocenters. The van der Waals surface area contributed by atoms with Crippen molar-refractivity contribution in [2.75, 3.05) is 13.7 Å². The van der Waals surface area contributed by atoms with Gasteiger partial charge in [0.2, 0.25) is 5.69 Å². The number of hydrogen-bond donors (Lipinski definition) is 0. The molecule has 0 aliphatic carbocycles. The zero-order valence-electron chi connectivity index (χ0n) is 12.8. The molecule has 2 rings (SSSR count). The Hall–Kier alpha value is -3.04. The van der Waals surface area contributed by atoms with Crippen molar-refractivity contribution in [3.63, 3.8) is 0 Å². The Morgan fingerprint density at radius 3 is 2.50 bits per heavy atom. The van der Waals surface area contributed by atoms with Gasteiger partial charge in [0.15, 0.2) is 0 Å². The molecule has 0 N–H and O–H groups in total. The van der Waals surface area contributed by atoms with E-state index in [1.807, 2.05) is 0 Å². The van der Waals surface area contributed by atoms with Gasteiger partial charge in [0.1, 0.15) is 23.6 Å². The molecule has 0 unspecified atom stereocenters. The SMILES string of the molecule is CCOc1cc(F)c(Cn2cc([N+](=O)[O-])c(C(=O)OC)n2)c(F)c1. The molecule has 1 aromatic heterocycles. The van der Waals surface area contributed by atoms with Gasteiger partial charge >= 0.3 is 11.7 Å². The predicted octanol–water partition coefficient (Wildman–Crippen LogP) is 2.30. The molecule has 24 heavy (non-hydrogen) atoms. The summed E-state index contributed by atoms with van der Waals surface area (Å²) in [5, 5.41) is 14.6. The monoisotopic (exact) mass is 341 g/mol. The van der Waals surface area contributed by atoms with E-state index in [2.05, 4.69) is 9.84 Å². The van der Waals surface area contributed by atoms with E-state index in [1.165, 1.54) is 0 Å². The molecule has 128 valence electrons. The lowest BCUT2D eigenvalue weighted by Crippen LogP contribution is -2.09. The third-order valence-electron chi connectivity index (χ3n) is 3.06. The Balaban J connectivity index is 2.38. The Bertz CT molecular complexity index is 768. The smallest absolute Gasteiger partial charge is 0.365 e. The quantitative estimate of drug-likeness (QED) is 0.454. The Labute approximate surface area is 134 Å². The van der Waals surface area contributed by atoms with Gasteiger partial charge in [-0.3, -0.25) is 14.8 Å². The number of aromatic nitrogens is 2. The Kier molecular flexibility index (Phi) is 5.07. The lowest BCUT2D eigenvalue weighted by atomic mass is 10.2. The van der Waals surface area contributed by atoms with Crippen LogP contribution in [-0.4, -0.2) is 34.4 Å². The van der Waals surface area contributed by atoms with Crippen LogP contribution in [-0.2, 0) is 11.3 Å². The van der Waals surface area contributed by atoms with Gasteiger partial charge in [-0.05, 0) is 6.92 Å². The maximum atomic E-state index is 14.0. The van der Waals surface area contributed by atoms with Crippen LogP contribution in [0, 0.1) is 21.7 Å². The van der Waals surface area contributed by atoms with Crippen LogP contribution in [0.25, 0.3) is 0 Å². The fourth-order valence-electron chi connectivity index (χ4n) is 2.01. The number of rotatable bonds is 6. The van der Waals surface area contributed by atoms with Gasteiger partial charge in [-0.1, -0.05) is 0 Å². The van der Waals surface area contributed by atoms with Crippen LogP contribution in [0.4, 0.5) is 14.5 Å². The van der Waals surface area contributed by atoms with Gasteiger partial charge in [-0.2, -0.15) is 5.10 Å². The minimum Gasteiger partial charge on any atom is -0.494 e. The molecular weight excluding hydrogens is 328 g/mol. The van der Waals surface area contributed by atoms with E-state index in [0.717, 1.165) is 30.1 Å². The van der Waals surface area contributed by atoms with Gasteiger partial charge in [0, 0.05) is 17.7 Å². The third kappa shape index (κ3) is 3.47. The average molecular weight is 341 g/mol. The molecule has 1 heterocycles. The standard InChI is InChI=1S/C14H13F2N3O5/c1-3-24-8-4-10(15)9(11(16)5-8)6-18-7-12(19(21)22)13(17-18)14(20)23-2/h4-5,7H,3,6H2,1-2H3. The minimum atomic E-state index is -1.02. The van der Waals surface area contributed by atoms with Crippen LogP contribution in [0.15, 0.2) is 18.3 Å². The summed E-state index contributed by atoms with van der Waals surface area (Å²) >= 11 is 0. The number of hydrogen-bond acceptors (Lipinski definition) is 6. The van der Waals surface area contributed by atoms with Crippen LogP contribution < -0.4 is 4.74 Å². The lowest BCUT2D eigenvalue weighted by molar-refractivity contribution is -0.385. The van der Waals surface area contributed by atoms with Crippen molar-refractivity contribution < 1.29 is 28.0 Å². The summed E-state index contributed by atoms with van der Waals surface area (Å²) in [5.41, 5.74) is -1.53. The first-order valence-corrected chi connectivity index (χ1v) is 6.78. The number of halogens is 2. The number of nitro groups is 1. The maximum absolute atomic E-state index is 14.0. The molecule has 8 nitrogen and oxygen atoms in total. The van der Waals surface area contributed by atoms with Crippen LogP contribution in [0.3, 0.4) is 0 Å². The molecule has 0 bridgehead atoms. The first-order valence-electron chi connectivity index (χ1n) is 6.78. The van der Waals surface area contributed by atoms with Crippen LogP contribution in [0.2, 0.25) is 0 Å². The minimum absolute atomic E-state index is 0.0259. The van der Waals surface area contributed by atoms with Gasteiger partial charge in [-0.25, -0.2) is 13.6 Å². The molecule has 1 aromatic carbocycles. The molecule has 0 saturated carbocycles. The number of nitrogens with zero attached hydrogens (tertiary/aromatic N) is 3. The number of carbonyl (C=O) groups excluding carboxylic acids is 1. The van der Waals surface area contributed by atoms with E-state index in [0.29, 0.717) is 0 Å². The second-order valence-corrected chi connectivity index (χ2v) is 4.61. The van der Waals surface area contributed by atoms with Crippen LogP contribution >= 0.6 is 0 Å². The highest BCUT2D eigenvalue weighted by Gasteiger charge is 2.27. The molecule has 0 aliphatic rings. The van der Waals surface area contributed by atoms with E-state index in [4.69, 9.17) is 4.74 Å². The van der Waals surface area contributed by atoms with Crippen molar-refractivity contribution in [3.05, 3.63) is 51.3 Å². The van der Waals surface area contributed by atoms with Crippen molar-refractivity contribution in [1.82, 2.24) is 9.78 Å². The van der Waals surface area contributed by atoms with E-state index in [1.54, 1.807) is 6.92 Å². The fourth-order valence-corrected chi connectivity index (χ4v) is 2.01. The lowest BCUT2D eigenvalue weighted by Gasteiger charge is -2.08. The number of carbonyl (C=O) groups is 1. The van der Waals surface area contributed by atoms with Crippen molar-refractivity contribution in [2.24, 2.45) is 0 Å². The second-order valence-electron chi connectivity index (χ2n) is 4.61. The van der Waals surface area contributed by atoms with Gasteiger partial charge in [-0.15, -0.1) is 0 Å². The Morgan fingerprint density at radius 1 is 1.38 bits per heavy atom. The number of ether oxygens (including phenoxy) is 2. The predicted molar refractivity (Wildman–Crippen MR) is 76.8 cm³/mol. The third-order valence-corrected chi connectivity index (χ3v) is 3.06. The van der Waals surface area contributed by atoms with E-state index < -0.39 is 40.5 Å². The Morgan fingerprint density at radius 2 is 2.00 bits per heavy atom. The molecule has 0 aliphatic heterocycles. The maximum Gasteiger partial charge on any atom is 0.365 e. The highest BCUT2D eigenvalue weighted by Crippen LogP contribution is 2.23. The fraction of sp³-hybridized carbons (Fsp3) is 0.286. The van der Waals surface area contributed by atoms with Crippen LogP contribution in [0.1, 0.15) is 23.0 Å². The molecule has 2 aromatic rings. The largest absolute Gasteiger partial charge is 0.494 e.